The zero-order valence-electron chi connectivity index (χ0n) is 13.8. The van der Waals surface area contributed by atoms with Crippen molar-refractivity contribution in [2.24, 2.45) is 11.3 Å². The molecule has 3 unspecified atom stereocenters. The molecular weight excluding hydrogens is 288 g/mol. The molecule has 4 nitrogen and oxygen atoms in total. The first-order chi connectivity index (χ1) is 11.2. The second kappa shape index (κ2) is 6.73. The minimum Gasteiger partial charge on any atom is -0.359 e. The number of amides is 2. The Balaban J connectivity index is 1.60. The minimum absolute atomic E-state index is 0.0326. The number of allylic oxidation sites excluding steroid dienone is 5. The lowest BCUT2D eigenvalue weighted by atomic mass is 9.82. The molecule has 0 heterocycles. The number of carbonyl (C=O) groups excluding carboxylic acids is 2. The van der Waals surface area contributed by atoms with E-state index >= 15 is 0 Å². The highest BCUT2D eigenvalue weighted by Gasteiger charge is 2.53. The van der Waals surface area contributed by atoms with Crippen LogP contribution in [-0.4, -0.2) is 24.9 Å². The Kier molecular flexibility index (Phi) is 4.69. The molecule has 3 atom stereocenters. The zero-order valence-corrected chi connectivity index (χ0v) is 13.8. The number of rotatable bonds is 7. The first-order valence-electron chi connectivity index (χ1n) is 8.74. The Hall–Kier alpha value is -1.84. The summed E-state index contributed by atoms with van der Waals surface area (Å²) in [5.74, 6) is 0.131. The first kappa shape index (κ1) is 16.0. The van der Waals surface area contributed by atoms with Crippen LogP contribution < -0.4 is 10.6 Å². The second-order valence-corrected chi connectivity index (χ2v) is 6.92. The van der Waals surface area contributed by atoms with E-state index in [0.717, 1.165) is 44.9 Å². The van der Waals surface area contributed by atoms with Crippen molar-refractivity contribution in [2.75, 3.05) is 6.54 Å². The molecule has 2 amide bonds. The second-order valence-electron chi connectivity index (χ2n) is 6.92. The highest BCUT2D eigenvalue weighted by atomic mass is 16.2. The average molecular weight is 314 g/mol. The van der Waals surface area contributed by atoms with E-state index in [0.29, 0.717) is 6.54 Å². The van der Waals surface area contributed by atoms with Gasteiger partial charge in [0.25, 0.3) is 0 Å². The van der Waals surface area contributed by atoms with E-state index in [9.17, 15) is 9.59 Å². The van der Waals surface area contributed by atoms with Crippen molar-refractivity contribution in [2.45, 2.75) is 51.5 Å². The van der Waals surface area contributed by atoms with E-state index < -0.39 is 0 Å². The van der Waals surface area contributed by atoms with Gasteiger partial charge in [-0.3, -0.25) is 9.59 Å². The highest BCUT2D eigenvalue weighted by Crippen LogP contribution is 2.52. The van der Waals surface area contributed by atoms with Gasteiger partial charge in [-0.1, -0.05) is 31.2 Å². The van der Waals surface area contributed by atoms with Crippen molar-refractivity contribution in [1.29, 1.82) is 0 Å². The Labute approximate surface area is 138 Å². The lowest BCUT2D eigenvalue weighted by Gasteiger charge is -2.25. The van der Waals surface area contributed by atoms with Gasteiger partial charge in [-0.15, -0.1) is 0 Å². The summed E-state index contributed by atoms with van der Waals surface area (Å²) >= 11 is 0. The van der Waals surface area contributed by atoms with Gasteiger partial charge in [0.1, 0.15) is 0 Å². The Morgan fingerprint density at radius 3 is 3.04 bits per heavy atom. The number of hydrogen-bond acceptors (Lipinski definition) is 2. The number of nitrogens with one attached hydrogen (secondary N) is 2. The van der Waals surface area contributed by atoms with Gasteiger partial charge in [0, 0.05) is 12.6 Å². The van der Waals surface area contributed by atoms with Gasteiger partial charge in [0.2, 0.25) is 12.3 Å². The van der Waals surface area contributed by atoms with E-state index in [-0.39, 0.29) is 23.3 Å². The minimum atomic E-state index is -0.0326. The lowest BCUT2D eigenvalue weighted by Crippen LogP contribution is -2.37. The number of hydrogen-bond donors (Lipinski definition) is 2. The summed E-state index contributed by atoms with van der Waals surface area (Å²) in [7, 11) is 0. The summed E-state index contributed by atoms with van der Waals surface area (Å²) in [4.78, 5) is 23.2. The Morgan fingerprint density at radius 2 is 2.26 bits per heavy atom. The molecule has 1 fully saturated rings. The maximum absolute atomic E-state index is 12.8. The SMILES string of the molecule is CCC1(CCNC=O)CC1NC(=O)C1CC=CC2=C1C=CCC2. The number of carbonyl (C=O) groups is 2. The van der Waals surface area contributed by atoms with E-state index in [2.05, 4.69) is 41.9 Å². The van der Waals surface area contributed by atoms with Crippen LogP contribution in [0.5, 0.6) is 0 Å². The van der Waals surface area contributed by atoms with Gasteiger partial charge < -0.3 is 10.6 Å². The van der Waals surface area contributed by atoms with E-state index in [1.807, 2.05) is 0 Å². The topological polar surface area (TPSA) is 58.2 Å². The quantitative estimate of drug-likeness (QED) is 0.560. The molecule has 3 aliphatic rings. The van der Waals surface area contributed by atoms with Crippen molar-refractivity contribution < 1.29 is 9.59 Å². The molecule has 0 saturated heterocycles. The smallest absolute Gasteiger partial charge is 0.228 e. The van der Waals surface area contributed by atoms with Crippen molar-refractivity contribution in [3.8, 4) is 0 Å². The molecule has 0 radical (unpaired) electrons. The molecular formula is C19H26N2O2. The predicted molar refractivity (Wildman–Crippen MR) is 90.6 cm³/mol. The maximum Gasteiger partial charge on any atom is 0.228 e. The van der Waals surface area contributed by atoms with Gasteiger partial charge in [-0.2, -0.15) is 0 Å². The Bertz CT molecular complexity index is 576. The Morgan fingerprint density at radius 1 is 1.39 bits per heavy atom. The van der Waals surface area contributed by atoms with Gasteiger partial charge >= 0.3 is 0 Å². The average Bonchev–Trinajstić information content (AvgIpc) is 3.27. The monoisotopic (exact) mass is 314 g/mol. The third kappa shape index (κ3) is 3.26. The molecule has 3 aliphatic carbocycles. The summed E-state index contributed by atoms with van der Waals surface area (Å²) in [5, 5.41) is 6.00. The molecule has 0 aromatic carbocycles. The fourth-order valence-electron chi connectivity index (χ4n) is 3.99. The van der Waals surface area contributed by atoms with Crippen molar-refractivity contribution in [3.05, 3.63) is 35.5 Å². The molecule has 4 heteroatoms. The summed E-state index contributed by atoms with van der Waals surface area (Å²) < 4.78 is 0. The van der Waals surface area contributed by atoms with Crippen LogP contribution in [0.1, 0.15) is 45.4 Å². The van der Waals surface area contributed by atoms with Crippen LogP contribution >= 0.6 is 0 Å². The molecule has 0 aromatic rings. The van der Waals surface area contributed by atoms with Crippen LogP contribution in [0.3, 0.4) is 0 Å². The van der Waals surface area contributed by atoms with Crippen LogP contribution in [-0.2, 0) is 9.59 Å². The molecule has 124 valence electrons. The molecule has 0 aliphatic heterocycles. The first-order valence-corrected chi connectivity index (χ1v) is 8.74. The van der Waals surface area contributed by atoms with Crippen LogP contribution in [0.4, 0.5) is 0 Å². The van der Waals surface area contributed by atoms with E-state index in [4.69, 9.17) is 0 Å². The highest BCUT2D eigenvalue weighted by molar-refractivity contribution is 5.84. The van der Waals surface area contributed by atoms with Crippen LogP contribution in [0.25, 0.3) is 0 Å². The van der Waals surface area contributed by atoms with Crippen molar-refractivity contribution in [3.63, 3.8) is 0 Å². The van der Waals surface area contributed by atoms with E-state index in [1.54, 1.807) is 0 Å². The molecule has 0 spiro atoms. The molecule has 2 N–H and O–H groups in total. The predicted octanol–water partition coefficient (Wildman–Crippen LogP) is 2.63. The maximum atomic E-state index is 12.8. The van der Waals surface area contributed by atoms with Crippen LogP contribution in [0, 0.1) is 11.3 Å². The van der Waals surface area contributed by atoms with Gasteiger partial charge in [0.15, 0.2) is 0 Å². The van der Waals surface area contributed by atoms with Crippen molar-refractivity contribution in [1.82, 2.24) is 10.6 Å². The standard InChI is InChI=1S/C19H26N2O2/c1-2-19(10-11-20-13-22)12-17(19)21-18(23)16-9-5-7-14-6-3-4-8-15(14)16/h4-5,7-8,13,16-17H,2-3,6,9-12H2,1H3,(H,20,22)(H,21,23). The third-order valence-corrected chi connectivity index (χ3v) is 5.69. The van der Waals surface area contributed by atoms with E-state index in [1.165, 1.54) is 11.1 Å². The molecule has 0 aromatic heterocycles. The summed E-state index contributed by atoms with van der Waals surface area (Å²) in [6, 6.07) is 0.260. The van der Waals surface area contributed by atoms with Crippen LogP contribution in [0.15, 0.2) is 35.5 Å². The summed E-state index contributed by atoms with van der Waals surface area (Å²) in [5.41, 5.74) is 2.71. The molecule has 23 heavy (non-hydrogen) atoms. The summed E-state index contributed by atoms with van der Waals surface area (Å²) in [6.07, 6.45) is 15.3. The molecule has 3 rings (SSSR count). The van der Waals surface area contributed by atoms with Gasteiger partial charge in [-0.25, -0.2) is 0 Å². The zero-order chi connectivity index (χ0) is 16.3. The fourth-order valence-corrected chi connectivity index (χ4v) is 3.99. The third-order valence-electron chi connectivity index (χ3n) is 5.69. The summed E-state index contributed by atoms with van der Waals surface area (Å²) in [6.45, 7) is 2.86. The van der Waals surface area contributed by atoms with Crippen molar-refractivity contribution >= 4 is 12.3 Å². The molecule has 1 saturated carbocycles. The normalized spacial score (nSPS) is 31.5. The molecule has 0 bridgehead atoms. The van der Waals surface area contributed by atoms with Gasteiger partial charge in [-0.05, 0) is 55.1 Å². The largest absolute Gasteiger partial charge is 0.359 e. The fraction of sp³-hybridized carbons (Fsp3) is 0.579. The van der Waals surface area contributed by atoms with Gasteiger partial charge in [0.05, 0.1) is 5.92 Å². The van der Waals surface area contributed by atoms with Crippen LogP contribution in [0.2, 0.25) is 0 Å². The lowest BCUT2D eigenvalue weighted by molar-refractivity contribution is -0.124.